The van der Waals surface area contributed by atoms with Crippen molar-refractivity contribution >= 4 is 29.2 Å². The van der Waals surface area contributed by atoms with Crippen LogP contribution >= 0.6 is 11.6 Å². The van der Waals surface area contributed by atoms with E-state index in [2.05, 4.69) is 4.98 Å². The molecular weight excluding hydrogens is 397 g/mol. The van der Waals surface area contributed by atoms with Crippen molar-refractivity contribution in [3.63, 3.8) is 0 Å². The molecule has 1 aliphatic heterocycles. The van der Waals surface area contributed by atoms with E-state index < -0.39 is 22.9 Å². The minimum atomic E-state index is -0.755. The summed E-state index contributed by atoms with van der Waals surface area (Å²) in [5.74, 6) is -1.57. The predicted octanol–water partition coefficient (Wildman–Crippen LogP) is 2.53. The first-order valence-electron chi connectivity index (χ1n) is 9.49. The second-order valence-corrected chi connectivity index (χ2v) is 8.85. The highest BCUT2D eigenvalue weighted by Crippen LogP contribution is 2.70. The van der Waals surface area contributed by atoms with E-state index in [9.17, 15) is 19.1 Å². The summed E-state index contributed by atoms with van der Waals surface area (Å²) in [6.45, 7) is 0.00863. The molecule has 29 heavy (non-hydrogen) atoms. The normalized spacial score (nSPS) is 30.8. The van der Waals surface area contributed by atoms with Gasteiger partial charge in [0.25, 0.3) is 5.91 Å². The number of rotatable bonds is 4. The highest BCUT2D eigenvalue weighted by Gasteiger charge is 2.73. The van der Waals surface area contributed by atoms with Gasteiger partial charge in [0.2, 0.25) is 5.91 Å². The van der Waals surface area contributed by atoms with Gasteiger partial charge in [0.05, 0.1) is 10.6 Å². The number of nitrogens with zero attached hydrogens (tertiary/aromatic N) is 3. The van der Waals surface area contributed by atoms with Gasteiger partial charge in [-0.05, 0) is 30.9 Å². The molecule has 1 saturated heterocycles. The Morgan fingerprint density at radius 3 is 2.52 bits per heavy atom. The molecule has 4 fully saturated rings. The van der Waals surface area contributed by atoms with Crippen molar-refractivity contribution < 1.29 is 19.1 Å². The smallest absolute Gasteiger partial charge is 0.252 e. The van der Waals surface area contributed by atoms with Gasteiger partial charge < -0.3 is 10.0 Å². The maximum atomic E-state index is 14.5. The van der Waals surface area contributed by atoms with Crippen LogP contribution in [0.3, 0.4) is 0 Å². The number of anilines is 1. The number of carbonyl (C=O) groups is 2. The van der Waals surface area contributed by atoms with Gasteiger partial charge >= 0.3 is 0 Å². The highest BCUT2D eigenvalue weighted by atomic mass is 35.5. The number of halogens is 2. The molecule has 6 rings (SSSR count). The Hall–Kier alpha value is -2.51. The summed E-state index contributed by atoms with van der Waals surface area (Å²) in [4.78, 5) is 33.2. The van der Waals surface area contributed by atoms with Crippen molar-refractivity contribution in [3.05, 3.63) is 59.0 Å². The van der Waals surface area contributed by atoms with Crippen molar-refractivity contribution in [2.45, 2.75) is 37.5 Å². The molecule has 1 aromatic heterocycles. The minimum absolute atomic E-state index is 0.117. The number of hydrogen-bond donors (Lipinski definition) is 1. The number of carbonyl (C=O) groups excluding carboxylic acids is 2. The molecule has 2 amide bonds. The zero-order valence-electron chi connectivity index (χ0n) is 15.5. The summed E-state index contributed by atoms with van der Waals surface area (Å²) in [5.41, 5.74) is -0.278. The lowest BCUT2D eigenvalue weighted by atomic mass is 9.38. The van der Waals surface area contributed by atoms with Crippen molar-refractivity contribution in [1.29, 1.82) is 0 Å². The van der Waals surface area contributed by atoms with Crippen LogP contribution in [0.5, 0.6) is 0 Å². The molecule has 3 saturated carbocycles. The molecule has 0 spiro atoms. The average Bonchev–Trinajstić information content (AvgIpc) is 2.63. The average molecular weight is 416 g/mol. The first kappa shape index (κ1) is 18.5. The maximum Gasteiger partial charge on any atom is 0.252 e. The Morgan fingerprint density at radius 2 is 1.90 bits per heavy atom. The fourth-order valence-electron chi connectivity index (χ4n) is 5.17. The third-order valence-electron chi connectivity index (χ3n) is 6.29. The molecule has 1 unspecified atom stereocenters. The Kier molecular flexibility index (Phi) is 3.98. The fourth-order valence-corrected chi connectivity index (χ4v) is 5.31. The number of hydrogen-bond acceptors (Lipinski definition) is 4. The van der Waals surface area contributed by atoms with Gasteiger partial charge in [-0.3, -0.25) is 14.5 Å². The van der Waals surface area contributed by atoms with E-state index in [1.165, 1.54) is 6.20 Å². The molecule has 6 nitrogen and oxygen atoms in total. The van der Waals surface area contributed by atoms with Gasteiger partial charge in [-0.25, -0.2) is 9.37 Å². The summed E-state index contributed by atoms with van der Waals surface area (Å²) in [5, 5.41) is 10.4. The first-order chi connectivity index (χ1) is 13.8. The van der Waals surface area contributed by atoms with Gasteiger partial charge in [0, 0.05) is 18.2 Å². The molecule has 1 aromatic carbocycles. The summed E-state index contributed by atoms with van der Waals surface area (Å²) in [6.07, 6.45) is 2.67. The lowest BCUT2D eigenvalue weighted by Crippen LogP contribution is -2.78. The Bertz CT molecular complexity index is 996. The SMILES string of the molecule is O=C1C(C23CC(O)(C2)C3)N(Cc2ccccc2)C(=O)CN1c1ncc(Cl)cc1F. The van der Waals surface area contributed by atoms with Crippen LogP contribution in [-0.4, -0.2) is 45.0 Å². The second-order valence-electron chi connectivity index (χ2n) is 8.41. The minimum Gasteiger partial charge on any atom is -0.390 e. The first-order valence-corrected chi connectivity index (χ1v) is 9.86. The van der Waals surface area contributed by atoms with Crippen molar-refractivity contribution in [2.24, 2.45) is 5.41 Å². The number of piperazine rings is 1. The van der Waals surface area contributed by atoms with Gasteiger partial charge in [-0.15, -0.1) is 0 Å². The van der Waals surface area contributed by atoms with Gasteiger partial charge in [0.15, 0.2) is 11.6 Å². The molecule has 1 N–H and O–H groups in total. The van der Waals surface area contributed by atoms with Gasteiger partial charge in [-0.2, -0.15) is 0 Å². The Morgan fingerprint density at radius 1 is 1.21 bits per heavy atom. The topological polar surface area (TPSA) is 73.7 Å². The van der Waals surface area contributed by atoms with Crippen LogP contribution in [0.25, 0.3) is 0 Å². The van der Waals surface area contributed by atoms with Crippen LogP contribution < -0.4 is 4.90 Å². The van der Waals surface area contributed by atoms with E-state index in [0.29, 0.717) is 25.8 Å². The van der Waals surface area contributed by atoms with Crippen LogP contribution in [0.1, 0.15) is 24.8 Å². The van der Waals surface area contributed by atoms with E-state index in [1.807, 2.05) is 30.3 Å². The van der Waals surface area contributed by atoms with Crippen molar-refractivity contribution in [3.8, 4) is 0 Å². The Labute approximate surface area is 171 Å². The molecular formula is C21H19ClFN3O3. The fraction of sp³-hybridized carbons (Fsp3) is 0.381. The highest BCUT2D eigenvalue weighted by molar-refractivity contribution is 6.30. The lowest BCUT2D eigenvalue weighted by Gasteiger charge is -2.71. The standard InChI is InChI=1S/C21H19ClFN3O3/c22-14-6-15(23)18(24-7-14)26-9-16(27)25(8-13-4-2-1-3-5-13)17(19(26)28)20-10-21(29,11-20)12-20/h1-7,17,29H,8-12H2. The van der Waals surface area contributed by atoms with Gasteiger partial charge in [0.1, 0.15) is 12.6 Å². The molecule has 2 aromatic rings. The molecule has 150 valence electrons. The quantitative estimate of drug-likeness (QED) is 0.832. The Balaban J connectivity index is 1.51. The largest absolute Gasteiger partial charge is 0.390 e. The lowest BCUT2D eigenvalue weighted by molar-refractivity contribution is -0.280. The maximum absolute atomic E-state index is 14.5. The zero-order chi connectivity index (χ0) is 20.4. The molecule has 1 atom stereocenters. The number of pyridine rings is 1. The van der Waals surface area contributed by atoms with E-state index in [0.717, 1.165) is 16.5 Å². The van der Waals surface area contributed by atoms with Crippen molar-refractivity contribution in [2.75, 3.05) is 11.4 Å². The van der Waals surface area contributed by atoms with Crippen molar-refractivity contribution in [1.82, 2.24) is 9.88 Å². The predicted molar refractivity (Wildman–Crippen MR) is 104 cm³/mol. The monoisotopic (exact) mass is 415 g/mol. The van der Waals surface area contributed by atoms with Gasteiger partial charge in [-0.1, -0.05) is 41.9 Å². The van der Waals surface area contributed by atoms with Crippen LogP contribution in [0.4, 0.5) is 10.2 Å². The number of benzene rings is 1. The third-order valence-corrected chi connectivity index (χ3v) is 6.50. The van der Waals surface area contributed by atoms with E-state index >= 15 is 0 Å². The summed E-state index contributed by atoms with van der Waals surface area (Å²) in [6, 6.07) is 9.77. The molecule has 2 heterocycles. The summed E-state index contributed by atoms with van der Waals surface area (Å²) < 4.78 is 14.5. The van der Waals surface area contributed by atoms with E-state index in [-0.39, 0.29) is 29.2 Å². The molecule has 8 heteroatoms. The number of amides is 2. The van der Waals surface area contributed by atoms with Crippen LogP contribution in [-0.2, 0) is 16.1 Å². The number of aromatic nitrogens is 1. The summed E-state index contributed by atoms with van der Waals surface area (Å²) in [7, 11) is 0. The number of aliphatic hydroxyl groups is 1. The molecule has 0 radical (unpaired) electrons. The van der Waals surface area contributed by atoms with Crippen LogP contribution in [0, 0.1) is 11.2 Å². The molecule has 3 aliphatic carbocycles. The van der Waals surface area contributed by atoms with E-state index in [1.54, 1.807) is 4.90 Å². The van der Waals surface area contributed by atoms with Crippen LogP contribution in [0.2, 0.25) is 5.02 Å². The molecule has 4 aliphatic rings. The zero-order valence-corrected chi connectivity index (χ0v) is 16.3. The summed E-state index contributed by atoms with van der Waals surface area (Å²) >= 11 is 5.78. The second kappa shape index (κ2) is 6.24. The van der Waals surface area contributed by atoms with Crippen LogP contribution in [0.15, 0.2) is 42.6 Å². The molecule has 2 bridgehead atoms. The van der Waals surface area contributed by atoms with E-state index in [4.69, 9.17) is 11.6 Å². The third kappa shape index (κ3) is 2.83.